The van der Waals surface area contributed by atoms with E-state index in [1.54, 1.807) is 24.3 Å². The predicted molar refractivity (Wildman–Crippen MR) is 69.6 cm³/mol. The summed E-state index contributed by atoms with van der Waals surface area (Å²) in [5.74, 6) is 4.48. The van der Waals surface area contributed by atoms with Crippen LogP contribution in [0.1, 0.15) is 16.1 Å². The van der Waals surface area contributed by atoms with Crippen molar-refractivity contribution in [1.82, 2.24) is 10.3 Å². The second-order valence-electron chi connectivity index (χ2n) is 3.85. The molecule has 0 saturated heterocycles. The molecule has 19 heavy (non-hydrogen) atoms. The van der Waals surface area contributed by atoms with E-state index in [0.29, 0.717) is 11.3 Å². The Hall–Kier alpha value is -2.47. The number of amides is 1. The van der Waals surface area contributed by atoms with Crippen molar-refractivity contribution >= 4 is 11.6 Å². The number of hydrazine groups is 1. The molecule has 1 aromatic carbocycles. The number of nitrogens with zero attached hydrogens (tertiary/aromatic N) is 1. The van der Waals surface area contributed by atoms with E-state index in [2.05, 4.69) is 15.7 Å². The number of aromatic nitrogens is 1. The summed E-state index contributed by atoms with van der Waals surface area (Å²) in [5.41, 5.74) is 3.69. The van der Waals surface area contributed by atoms with Gasteiger partial charge in [0.15, 0.2) is 0 Å². The van der Waals surface area contributed by atoms with Gasteiger partial charge in [-0.1, -0.05) is 18.2 Å². The first-order valence-corrected chi connectivity index (χ1v) is 5.65. The van der Waals surface area contributed by atoms with Crippen LogP contribution in [-0.4, -0.2) is 10.9 Å². The molecule has 0 saturated carbocycles. The number of hydrogen-bond donors (Lipinski definition) is 3. The number of halogens is 1. The standard InChI is InChI=1S/C13H13FN4O/c14-11-4-2-1-3-9(11)7-17-13(19)12-6-5-10(18-15)8-16-12/h1-6,8,18H,7,15H2,(H,17,19). The van der Waals surface area contributed by atoms with Crippen LogP contribution in [0, 0.1) is 5.82 Å². The summed E-state index contributed by atoms with van der Waals surface area (Å²) in [7, 11) is 0. The van der Waals surface area contributed by atoms with E-state index in [0.717, 1.165) is 0 Å². The maximum absolute atomic E-state index is 13.4. The summed E-state index contributed by atoms with van der Waals surface area (Å²) in [4.78, 5) is 15.7. The van der Waals surface area contributed by atoms with Gasteiger partial charge in [-0.3, -0.25) is 10.6 Å². The molecular weight excluding hydrogens is 247 g/mol. The van der Waals surface area contributed by atoms with Crippen LogP contribution in [0.2, 0.25) is 0 Å². The van der Waals surface area contributed by atoms with Crippen molar-refractivity contribution in [3.8, 4) is 0 Å². The van der Waals surface area contributed by atoms with Gasteiger partial charge >= 0.3 is 0 Å². The first kappa shape index (κ1) is 13.0. The third-order valence-corrected chi connectivity index (χ3v) is 2.56. The molecule has 0 atom stereocenters. The van der Waals surface area contributed by atoms with Crippen molar-refractivity contribution in [3.63, 3.8) is 0 Å². The molecule has 0 aliphatic heterocycles. The van der Waals surface area contributed by atoms with Crippen molar-refractivity contribution in [3.05, 3.63) is 59.7 Å². The molecule has 0 aliphatic carbocycles. The van der Waals surface area contributed by atoms with Gasteiger partial charge in [0.05, 0.1) is 11.9 Å². The third kappa shape index (κ3) is 3.26. The number of carbonyl (C=O) groups is 1. The van der Waals surface area contributed by atoms with E-state index < -0.39 is 0 Å². The Kier molecular flexibility index (Phi) is 4.04. The second kappa shape index (κ2) is 5.92. The molecule has 1 heterocycles. The number of rotatable bonds is 4. The van der Waals surface area contributed by atoms with Gasteiger partial charge in [0.25, 0.3) is 5.91 Å². The molecule has 2 rings (SSSR count). The number of anilines is 1. The largest absolute Gasteiger partial charge is 0.347 e. The van der Waals surface area contributed by atoms with Gasteiger partial charge in [0, 0.05) is 12.1 Å². The Morgan fingerprint density at radius 1 is 1.26 bits per heavy atom. The molecule has 5 nitrogen and oxygen atoms in total. The lowest BCUT2D eigenvalue weighted by molar-refractivity contribution is 0.0945. The minimum absolute atomic E-state index is 0.115. The van der Waals surface area contributed by atoms with Gasteiger partial charge in [-0.15, -0.1) is 0 Å². The highest BCUT2D eigenvalue weighted by Gasteiger charge is 2.08. The van der Waals surface area contributed by atoms with Gasteiger partial charge in [-0.25, -0.2) is 9.37 Å². The van der Waals surface area contributed by atoms with Crippen LogP contribution in [0.25, 0.3) is 0 Å². The smallest absolute Gasteiger partial charge is 0.270 e. The molecule has 1 aromatic heterocycles. The number of carbonyl (C=O) groups excluding carboxylic acids is 1. The highest BCUT2D eigenvalue weighted by atomic mass is 19.1. The molecule has 0 unspecified atom stereocenters. The highest BCUT2D eigenvalue weighted by molar-refractivity contribution is 5.92. The number of nitrogen functional groups attached to an aromatic ring is 1. The Morgan fingerprint density at radius 2 is 2.05 bits per heavy atom. The maximum Gasteiger partial charge on any atom is 0.270 e. The zero-order chi connectivity index (χ0) is 13.7. The molecule has 0 aliphatic rings. The Labute approximate surface area is 109 Å². The minimum Gasteiger partial charge on any atom is -0.347 e. The van der Waals surface area contributed by atoms with Gasteiger partial charge in [-0.2, -0.15) is 0 Å². The van der Waals surface area contributed by atoms with Crippen molar-refractivity contribution in [2.75, 3.05) is 5.43 Å². The molecular formula is C13H13FN4O. The molecule has 1 amide bonds. The summed E-state index contributed by atoms with van der Waals surface area (Å²) < 4.78 is 13.4. The quantitative estimate of drug-likeness (QED) is 0.574. The summed E-state index contributed by atoms with van der Waals surface area (Å²) in [6.07, 6.45) is 1.44. The zero-order valence-corrected chi connectivity index (χ0v) is 10.1. The first-order chi connectivity index (χ1) is 9.20. The monoisotopic (exact) mass is 260 g/mol. The number of hydrogen-bond acceptors (Lipinski definition) is 4. The van der Waals surface area contributed by atoms with Crippen LogP contribution < -0.4 is 16.6 Å². The summed E-state index contributed by atoms with van der Waals surface area (Å²) in [5, 5.41) is 2.60. The topological polar surface area (TPSA) is 80.0 Å². The molecule has 2 aromatic rings. The average molecular weight is 260 g/mol. The summed E-state index contributed by atoms with van der Waals surface area (Å²) >= 11 is 0. The normalized spacial score (nSPS) is 10.0. The average Bonchev–Trinajstić information content (AvgIpc) is 2.46. The summed E-state index contributed by atoms with van der Waals surface area (Å²) in [6.45, 7) is 0.115. The van der Waals surface area contributed by atoms with Crippen molar-refractivity contribution in [2.24, 2.45) is 5.84 Å². The zero-order valence-electron chi connectivity index (χ0n) is 10.1. The molecule has 0 radical (unpaired) electrons. The molecule has 0 spiro atoms. The number of pyridine rings is 1. The van der Waals surface area contributed by atoms with E-state index in [1.807, 2.05) is 0 Å². The van der Waals surface area contributed by atoms with E-state index in [1.165, 1.54) is 18.3 Å². The van der Waals surface area contributed by atoms with Crippen molar-refractivity contribution in [2.45, 2.75) is 6.54 Å². The third-order valence-electron chi connectivity index (χ3n) is 2.56. The molecule has 98 valence electrons. The molecule has 0 fully saturated rings. The fraction of sp³-hybridized carbons (Fsp3) is 0.0769. The number of benzene rings is 1. The van der Waals surface area contributed by atoms with Crippen LogP contribution in [0.15, 0.2) is 42.6 Å². The van der Waals surface area contributed by atoms with E-state index in [9.17, 15) is 9.18 Å². The fourth-order valence-electron chi connectivity index (χ4n) is 1.52. The van der Waals surface area contributed by atoms with Crippen LogP contribution in [0.5, 0.6) is 0 Å². The molecule has 4 N–H and O–H groups in total. The Balaban J connectivity index is 1.99. The lowest BCUT2D eigenvalue weighted by Gasteiger charge is -2.06. The lowest BCUT2D eigenvalue weighted by Crippen LogP contribution is -2.24. The van der Waals surface area contributed by atoms with Crippen LogP contribution >= 0.6 is 0 Å². The van der Waals surface area contributed by atoms with Crippen molar-refractivity contribution < 1.29 is 9.18 Å². The maximum atomic E-state index is 13.4. The lowest BCUT2D eigenvalue weighted by atomic mass is 10.2. The van der Waals surface area contributed by atoms with Crippen molar-refractivity contribution in [1.29, 1.82) is 0 Å². The molecule has 0 bridgehead atoms. The van der Waals surface area contributed by atoms with E-state index in [-0.39, 0.29) is 24.0 Å². The van der Waals surface area contributed by atoms with Crippen LogP contribution in [0.4, 0.5) is 10.1 Å². The first-order valence-electron chi connectivity index (χ1n) is 5.65. The van der Waals surface area contributed by atoms with Gasteiger partial charge < -0.3 is 10.7 Å². The van der Waals surface area contributed by atoms with Gasteiger partial charge in [0.2, 0.25) is 0 Å². The Bertz CT molecular complexity index is 571. The van der Waals surface area contributed by atoms with Gasteiger partial charge in [-0.05, 0) is 18.2 Å². The number of nitrogens with one attached hydrogen (secondary N) is 2. The second-order valence-corrected chi connectivity index (χ2v) is 3.85. The SMILES string of the molecule is NNc1ccc(C(=O)NCc2ccccc2F)nc1. The Morgan fingerprint density at radius 3 is 2.68 bits per heavy atom. The number of nitrogens with two attached hydrogens (primary N) is 1. The molecule has 6 heteroatoms. The predicted octanol–water partition coefficient (Wildman–Crippen LogP) is 1.44. The van der Waals surface area contributed by atoms with Gasteiger partial charge in [0.1, 0.15) is 11.5 Å². The van der Waals surface area contributed by atoms with Crippen LogP contribution in [-0.2, 0) is 6.54 Å². The fourth-order valence-corrected chi connectivity index (χ4v) is 1.52. The van der Waals surface area contributed by atoms with Crippen LogP contribution in [0.3, 0.4) is 0 Å². The van der Waals surface area contributed by atoms with E-state index in [4.69, 9.17) is 5.84 Å². The van der Waals surface area contributed by atoms with E-state index >= 15 is 0 Å². The summed E-state index contributed by atoms with van der Waals surface area (Å²) in [6, 6.07) is 9.44. The highest BCUT2D eigenvalue weighted by Crippen LogP contribution is 2.07. The minimum atomic E-state index is -0.369.